The summed E-state index contributed by atoms with van der Waals surface area (Å²) in [6.07, 6.45) is 1.95. The quantitative estimate of drug-likeness (QED) is 0.729. The lowest BCUT2D eigenvalue weighted by Gasteiger charge is -2.12. The lowest BCUT2D eigenvalue weighted by atomic mass is 10.1. The van der Waals surface area contributed by atoms with Crippen molar-refractivity contribution in [2.45, 2.75) is 18.9 Å². The van der Waals surface area contributed by atoms with Gasteiger partial charge in [0.25, 0.3) is 5.91 Å². The maximum atomic E-state index is 12.5. The largest absolute Gasteiger partial charge is 0.450 e. The van der Waals surface area contributed by atoms with Crippen molar-refractivity contribution in [1.82, 2.24) is 5.32 Å². The first-order chi connectivity index (χ1) is 10.7. The number of fused-ring (bicyclic) bond motifs is 2. The lowest BCUT2D eigenvalue weighted by Crippen LogP contribution is -2.26. The number of rotatable bonds is 2. The molecule has 1 aliphatic carbocycles. The Kier molecular flexibility index (Phi) is 3.26. The van der Waals surface area contributed by atoms with Crippen molar-refractivity contribution in [3.63, 3.8) is 0 Å². The van der Waals surface area contributed by atoms with Crippen LogP contribution in [0.2, 0.25) is 0 Å². The van der Waals surface area contributed by atoms with Gasteiger partial charge < -0.3 is 9.73 Å². The summed E-state index contributed by atoms with van der Waals surface area (Å²) >= 11 is 3.44. The highest BCUT2D eigenvalue weighted by molar-refractivity contribution is 9.10. The van der Waals surface area contributed by atoms with Crippen molar-refractivity contribution >= 4 is 32.8 Å². The van der Waals surface area contributed by atoms with Crippen LogP contribution in [0.4, 0.5) is 0 Å². The third kappa shape index (κ3) is 2.24. The van der Waals surface area contributed by atoms with E-state index in [1.54, 1.807) is 6.07 Å². The van der Waals surface area contributed by atoms with Crippen molar-refractivity contribution < 1.29 is 9.21 Å². The van der Waals surface area contributed by atoms with Crippen molar-refractivity contribution in [3.8, 4) is 0 Å². The molecule has 3 nitrogen and oxygen atoms in total. The SMILES string of the molecule is O=C(NC1CCc2ccccc21)c1cc2cccc(Br)c2o1. The van der Waals surface area contributed by atoms with Crippen LogP contribution in [0, 0.1) is 0 Å². The Balaban J connectivity index is 1.61. The first-order valence-corrected chi connectivity index (χ1v) is 8.08. The van der Waals surface area contributed by atoms with Gasteiger partial charge in [-0.05, 0) is 52.0 Å². The normalized spacial score (nSPS) is 16.7. The summed E-state index contributed by atoms with van der Waals surface area (Å²) in [5.74, 6) is 0.191. The van der Waals surface area contributed by atoms with E-state index in [0.717, 1.165) is 22.7 Å². The van der Waals surface area contributed by atoms with Crippen molar-refractivity contribution in [2.24, 2.45) is 0 Å². The molecular weight excluding hydrogens is 342 g/mol. The molecule has 2 aromatic carbocycles. The zero-order valence-electron chi connectivity index (χ0n) is 11.8. The van der Waals surface area contributed by atoms with Crippen LogP contribution in [0.5, 0.6) is 0 Å². The van der Waals surface area contributed by atoms with Crippen molar-refractivity contribution in [1.29, 1.82) is 0 Å². The van der Waals surface area contributed by atoms with Crippen LogP contribution in [0.15, 0.2) is 57.4 Å². The summed E-state index contributed by atoms with van der Waals surface area (Å²) in [6, 6.07) is 15.9. The summed E-state index contributed by atoms with van der Waals surface area (Å²) in [5.41, 5.74) is 3.24. The molecule has 0 fully saturated rings. The maximum Gasteiger partial charge on any atom is 0.287 e. The Hall–Kier alpha value is -2.07. The highest BCUT2D eigenvalue weighted by Crippen LogP contribution is 2.32. The minimum atomic E-state index is -0.162. The van der Waals surface area contributed by atoms with E-state index < -0.39 is 0 Å². The standard InChI is InChI=1S/C18H14BrNO2/c19-14-7-3-5-12-10-16(22-17(12)14)18(21)20-15-9-8-11-4-1-2-6-13(11)15/h1-7,10,15H,8-9H2,(H,20,21). The number of furan rings is 1. The summed E-state index contributed by atoms with van der Waals surface area (Å²) in [5, 5.41) is 4.01. The van der Waals surface area contributed by atoms with Gasteiger partial charge in [0.15, 0.2) is 5.76 Å². The van der Waals surface area contributed by atoms with Gasteiger partial charge in [0.1, 0.15) is 5.58 Å². The van der Waals surface area contributed by atoms with E-state index in [-0.39, 0.29) is 11.9 Å². The van der Waals surface area contributed by atoms with Crippen LogP contribution in [0.25, 0.3) is 11.0 Å². The molecule has 1 atom stereocenters. The number of amides is 1. The van der Waals surface area contributed by atoms with E-state index in [1.165, 1.54) is 11.1 Å². The summed E-state index contributed by atoms with van der Waals surface area (Å²) < 4.78 is 6.56. The highest BCUT2D eigenvalue weighted by Gasteiger charge is 2.25. The average molecular weight is 356 g/mol. The Bertz CT molecular complexity index is 868. The molecule has 0 radical (unpaired) electrons. The molecule has 1 amide bonds. The Labute approximate surface area is 136 Å². The van der Waals surface area contributed by atoms with Gasteiger partial charge in [-0.3, -0.25) is 4.79 Å². The number of benzene rings is 2. The van der Waals surface area contributed by atoms with Crippen molar-refractivity contribution in [2.75, 3.05) is 0 Å². The smallest absolute Gasteiger partial charge is 0.287 e. The number of para-hydroxylation sites is 1. The molecule has 1 unspecified atom stereocenters. The number of halogens is 1. The predicted molar refractivity (Wildman–Crippen MR) is 88.9 cm³/mol. The zero-order chi connectivity index (χ0) is 15.1. The Morgan fingerprint density at radius 2 is 2.05 bits per heavy atom. The van der Waals surface area contributed by atoms with Crippen LogP contribution >= 0.6 is 15.9 Å². The van der Waals surface area contributed by atoms with Gasteiger partial charge in [-0.25, -0.2) is 0 Å². The monoisotopic (exact) mass is 355 g/mol. The molecule has 0 bridgehead atoms. The first kappa shape index (κ1) is 13.6. The number of aryl methyl sites for hydroxylation is 1. The molecule has 0 spiro atoms. The molecule has 1 aromatic heterocycles. The predicted octanol–water partition coefficient (Wildman–Crippen LogP) is 4.61. The molecule has 22 heavy (non-hydrogen) atoms. The molecule has 0 saturated heterocycles. The molecule has 3 aromatic rings. The second-order valence-electron chi connectivity index (χ2n) is 5.53. The van der Waals surface area contributed by atoms with Gasteiger partial charge >= 0.3 is 0 Å². The Morgan fingerprint density at radius 3 is 2.91 bits per heavy atom. The number of hydrogen-bond donors (Lipinski definition) is 1. The number of carbonyl (C=O) groups is 1. The molecule has 4 heteroatoms. The molecule has 1 N–H and O–H groups in total. The molecule has 0 saturated carbocycles. The van der Waals surface area contributed by atoms with Gasteiger partial charge in [-0.15, -0.1) is 0 Å². The molecule has 4 rings (SSSR count). The van der Waals surface area contributed by atoms with E-state index in [0.29, 0.717) is 11.3 Å². The molecular formula is C18H14BrNO2. The number of carbonyl (C=O) groups excluding carboxylic acids is 1. The minimum Gasteiger partial charge on any atom is -0.450 e. The maximum absolute atomic E-state index is 12.5. The summed E-state index contributed by atoms with van der Waals surface area (Å²) in [6.45, 7) is 0. The lowest BCUT2D eigenvalue weighted by molar-refractivity contribution is 0.0911. The van der Waals surface area contributed by atoms with Gasteiger partial charge in [-0.1, -0.05) is 36.4 Å². The Morgan fingerprint density at radius 1 is 1.18 bits per heavy atom. The second-order valence-corrected chi connectivity index (χ2v) is 6.39. The van der Waals surface area contributed by atoms with Gasteiger partial charge in [0.2, 0.25) is 0 Å². The van der Waals surface area contributed by atoms with E-state index in [2.05, 4.69) is 33.4 Å². The van der Waals surface area contributed by atoms with Crippen LogP contribution in [0.3, 0.4) is 0 Å². The summed E-state index contributed by atoms with van der Waals surface area (Å²) in [4.78, 5) is 12.5. The second kappa shape index (κ2) is 5.29. The van der Waals surface area contributed by atoms with Crippen LogP contribution in [-0.4, -0.2) is 5.91 Å². The van der Waals surface area contributed by atoms with Gasteiger partial charge in [0, 0.05) is 5.39 Å². The fraction of sp³-hybridized carbons (Fsp3) is 0.167. The first-order valence-electron chi connectivity index (χ1n) is 7.29. The van der Waals surface area contributed by atoms with E-state index in [1.807, 2.05) is 30.3 Å². The van der Waals surface area contributed by atoms with Crippen LogP contribution < -0.4 is 5.32 Å². The third-order valence-electron chi connectivity index (χ3n) is 4.16. The van der Waals surface area contributed by atoms with Crippen LogP contribution in [-0.2, 0) is 6.42 Å². The minimum absolute atomic E-state index is 0.0698. The van der Waals surface area contributed by atoms with E-state index in [4.69, 9.17) is 4.42 Å². The molecule has 1 heterocycles. The summed E-state index contributed by atoms with van der Waals surface area (Å²) in [7, 11) is 0. The van der Waals surface area contributed by atoms with Crippen LogP contribution in [0.1, 0.15) is 34.1 Å². The van der Waals surface area contributed by atoms with Gasteiger partial charge in [0.05, 0.1) is 10.5 Å². The van der Waals surface area contributed by atoms with Gasteiger partial charge in [-0.2, -0.15) is 0 Å². The zero-order valence-corrected chi connectivity index (χ0v) is 13.4. The fourth-order valence-corrected chi connectivity index (χ4v) is 3.54. The number of nitrogens with one attached hydrogen (secondary N) is 1. The third-order valence-corrected chi connectivity index (χ3v) is 4.78. The van der Waals surface area contributed by atoms with E-state index >= 15 is 0 Å². The number of hydrogen-bond acceptors (Lipinski definition) is 2. The topological polar surface area (TPSA) is 42.2 Å². The average Bonchev–Trinajstić information content (AvgIpc) is 3.13. The molecule has 0 aliphatic heterocycles. The van der Waals surface area contributed by atoms with Crippen molar-refractivity contribution in [3.05, 3.63) is 69.9 Å². The molecule has 110 valence electrons. The molecule has 1 aliphatic rings. The fourth-order valence-electron chi connectivity index (χ4n) is 3.08. The van der Waals surface area contributed by atoms with E-state index in [9.17, 15) is 4.79 Å². The highest BCUT2D eigenvalue weighted by atomic mass is 79.9.